The number of anilines is 2. The van der Waals surface area contributed by atoms with E-state index in [2.05, 4.69) is 86.2 Å². The van der Waals surface area contributed by atoms with Crippen LogP contribution in [-0.2, 0) is 13.1 Å². The van der Waals surface area contributed by atoms with E-state index in [-0.39, 0.29) is 41.5 Å². The van der Waals surface area contributed by atoms with Gasteiger partial charge in [-0.3, -0.25) is 28.5 Å². The highest BCUT2D eigenvalue weighted by atomic mass is 16.3. The van der Waals surface area contributed by atoms with Crippen LogP contribution in [0.5, 0.6) is 0 Å². The third kappa shape index (κ3) is 11.0. The lowest BCUT2D eigenvalue weighted by Gasteiger charge is -2.30. The summed E-state index contributed by atoms with van der Waals surface area (Å²) in [5.41, 5.74) is 3.64. The summed E-state index contributed by atoms with van der Waals surface area (Å²) in [5, 5.41) is 46.6. The normalized spacial score (nSPS) is 23.3. The molecule has 13 rings (SSSR count). The number of aromatic nitrogens is 10. The van der Waals surface area contributed by atoms with E-state index >= 15 is 0 Å². The van der Waals surface area contributed by atoms with E-state index in [1.807, 2.05) is 27.6 Å². The number of fused-ring (bicyclic) bond motifs is 6. The molecule has 7 heterocycles. The second-order valence-electron chi connectivity index (χ2n) is 22.5. The Hall–Kier alpha value is -6.46. The van der Waals surface area contributed by atoms with Gasteiger partial charge in [0.1, 0.15) is 11.3 Å². The third-order valence-electron chi connectivity index (χ3n) is 17.1. The number of aliphatic hydroxyl groups is 2. The van der Waals surface area contributed by atoms with Crippen LogP contribution in [0.4, 0.5) is 11.9 Å². The van der Waals surface area contributed by atoms with Crippen LogP contribution in [-0.4, -0.2) is 127 Å². The molecular formula is C56H69N15O4. The van der Waals surface area contributed by atoms with Gasteiger partial charge in [0.05, 0.1) is 12.2 Å². The maximum Gasteiger partial charge on any atom is 0.260 e. The highest BCUT2D eigenvalue weighted by Crippen LogP contribution is 2.36. The van der Waals surface area contributed by atoms with E-state index in [1.54, 1.807) is 0 Å². The van der Waals surface area contributed by atoms with Crippen LogP contribution >= 0.6 is 0 Å². The summed E-state index contributed by atoms with van der Waals surface area (Å²) in [6.45, 7) is 14.3. The lowest BCUT2D eigenvalue weighted by molar-refractivity contribution is 0.110. The summed E-state index contributed by atoms with van der Waals surface area (Å²) in [6, 6.07) is 12.7. The highest BCUT2D eigenvalue weighted by molar-refractivity contribution is 6.05. The molecule has 7 aromatic rings. The fourth-order valence-corrected chi connectivity index (χ4v) is 12.2. The van der Waals surface area contributed by atoms with Crippen LogP contribution in [0.15, 0.2) is 58.4 Å². The first-order valence-corrected chi connectivity index (χ1v) is 27.8. The molecule has 19 heteroatoms. The minimum absolute atomic E-state index is 0.000651. The van der Waals surface area contributed by atoms with Gasteiger partial charge in [0.2, 0.25) is 17.9 Å². The number of piperidine rings is 2. The minimum atomic E-state index is -0.287. The number of aromatic amines is 1. The quantitative estimate of drug-likeness (QED) is 0.0566. The lowest BCUT2D eigenvalue weighted by atomic mass is 9.92. The maximum absolute atomic E-state index is 14.1. The molecule has 4 aliphatic carbocycles. The second-order valence-corrected chi connectivity index (χ2v) is 22.5. The standard InChI is InChI=1S/C28H35N9O2.C28H34N6O2/c38-21-6-4-20(5-7-21)37-26-24(15-30-28(31-26)29-14-17-1-2-17)22-8-3-18(13-23(22)27(37)39)16-36-11-9-19(10-12-36)25-32-34-35-33-25;1-29-20-10-12-33(13-11-20)17-19-4-9-23-24(14-19)27(36)34(21-5-7-22(35)8-6-21)26-25(23)16-31-28(32-26)30-15-18-2-3-18/h3,8,13,15,17,19-21,38H,1-2,4-7,9-12,14,16H2,(H,29,30,31)(H,32,33,34,35);4,9,14,16,18,20-22,35H,2-3,5-8,10-13,15,17H2,(H,30,31,32). The van der Waals surface area contributed by atoms with Gasteiger partial charge in [0.15, 0.2) is 5.82 Å². The molecule has 6 aliphatic rings. The Bertz CT molecular complexity index is 3320. The van der Waals surface area contributed by atoms with E-state index in [0.717, 1.165) is 148 Å². The summed E-state index contributed by atoms with van der Waals surface area (Å²) >= 11 is 0. The van der Waals surface area contributed by atoms with Gasteiger partial charge in [-0.15, -0.1) is 10.2 Å². The fourth-order valence-electron chi connectivity index (χ4n) is 12.2. The number of rotatable bonds is 13. The molecule has 2 aliphatic heterocycles. The van der Waals surface area contributed by atoms with Crippen molar-refractivity contribution in [2.24, 2.45) is 11.8 Å². The molecule has 75 heavy (non-hydrogen) atoms. The number of nitrogens with one attached hydrogen (secondary N) is 3. The molecule has 19 nitrogen and oxygen atoms in total. The van der Waals surface area contributed by atoms with Gasteiger partial charge in [0.25, 0.3) is 11.1 Å². The Labute approximate surface area is 435 Å². The summed E-state index contributed by atoms with van der Waals surface area (Å²) in [7, 11) is 0. The van der Waals surface area contributed by atoms with Gasteiger partial charge in [-0.2, -0.15) is 15.2 Å². The average molecular weight is 1020 g/mol. The Morgan fingerprint density at radius 3 is 1.48 bits per heavy atom. The zero-order chi connectivity index (χ0) is 51.0. The van der Waals surface area contributed by atoms with Crippen molar-refractivity contribution in [3.63, 3.8) is 0 Å². The number of nitrogens with zero attached hydrogens (tertiary/aromatic N) is 12. The molecule has 6 fully saturated rings. The van der Waals surface area contributed by atoms with E-state index in [4.69, 9.17) is 16.5 Å². The molecule has 5 N–H and O–H groups in total. The van der Waals surface area contributed by atoms with Crippen LogP contribution in [0.3, 0.4) is 0 Å². The molecule has 2 saturated heterocycles. The summed E-state index contributed by atoms with van der Waals surface area (Å²) in [5.74, 6) is 3.71. The van der Waals surface area contributed by atoms with Crippen LogP contribution in [0.1, 0.15) is 138 Å². The first-order valence-electron chi connectivity index (χ1n) is 27.8. The van der Waals surface area contributed by atoms with Crippen LogP contribution < -0.4 is 21.8 Å². The predicted molar refractivity (Wildman–Crippen MR) is 288 cm³/mol. The Kier molecular flexibility index (Phi) is 14.3. The number of hydrogen-bond acceptors (Lipinski definition) is 15. The first-order chi connectivity index (χ1) is 36.7. The van der Waals surface area contributed by atoms with E-state index in [0.29, 0.717) is 72.0 Å². The second kappa shape index (κ2) is 21.6. The number of hydrogen-bond donors (Lipinski definition) is 5. The van der Waals surface area contributed by atoms with E-state index < -0.39 is 0 Å². The SMILES string of the molecule is O=c1c2cc(CN3CCC(c4nn[nH]n4)CC3)ccc2c2cnc(NCC3CC3)nc2n1C1CCC(O)CC1.[C-]#[N+]C1CCN(Cc2ccc3c(c2)c(=O)n(C2CCC(O)CC2)c2nc(NCC4CC4)ncc32)CC1. The molecule has 0 unspecified atom stereocenters. The van der Waals surface area contributed by atoms with Gasteiger partial charge < -0.3 is 25.7 Å². The molecular weight excluding hydrogens is 947 g/mol. The van der Waals surface area contributed by atoms with Gasteiger partial charge >= 0.3 is 0 Å². The van der Waals surface area contributed by atoms with Crippen LogP contribution in [0, 0.1) is 18.4 Å². The summed E-state index contributed by atoms with van der Waals surface area (Å²) < 4.78 is 3.78. The molecule has 392 valence electrons. The van der Waals surface area contributed by atoms with Crippen molar-refractivity contribution < 1.29 is 10.2 Å². The third-order valence-corrected chi connectivity index (χ3v) is 17.1. The van der Waals surface area contributed by atoms with Crippen molar-refractivity contribution in [3.8, 4) is 0 Å². The van der Waals surface area contributed by atoms with Crippen molar-refractivity contribution >= 4 is 55.5 Å². The molecule has 0 atom stereocenters. The summed E-state index contributed by atoms with van der Waals surface area (Å²) in [4.78, 5) is 55.6. The summed E-state index contributed by atoms with van der Waals surface area (Å²) in [6.07, 6.45) is 17.9. The number of aliphatic hydroxyl groups excluding tert-OH is 2. The van der Waals surface area contributed by atoms with Crippen LogP contribution in [0.25, 0.3) is 48.5 Å². The number of likely N-dealkylation sites (tertiary alicyclic amines) is 2. The Morgan fingerprint density at radius 1 is 0.587 bits per heavy atom. The number of pyridine rings is 2. The largest absolute Gasteiger partial charge is 0.393 e. The zero-order valence-electron chi connectivity index (χ0n) is 42.8. The number of H-pyrrole nitrogens is 1. The van der Waals surface area contributed by atoms with E-state index in [9.17, 15) is 19.8 Å². The van der Waals surface area contributed by atoms with Crippen molar-refractivity contribution in [3.05, 3.63) is 97.9 Å². The fraction of sp³-hybridized carbons (Fsp3) is 0.571. The molecule has 0 amide bonds. The van der Waals surface area contributed by atoms with Crippen LogP contribution in [0.2, 0.25) is 0 Å². The Morgan fingerprint density at radius 2 is 1.05 bits per heavy atom. The van der Waals surface area contributed by atoms with Crippen molar-refractivity contribution in [1.29, 1.82) is 0 Å². The highest BCUT2D eigenvalue weighted by Gasteiger charge is 2.30. The molecule has 0 radical (unpaired) electrons. The molecule has 2 aromatic carbocycles. The zero-order valence-corrected chi connectivity index (χ0v) is 42.8. The predicted octanol–water partition coefficient (Wildman–Crippen LogP) is 7.26. The molecule has 0 spiro atoms. The van der Waals surface area contributed by atoms with Gasteiger partial charge in [-0.1, -0.05) is 29.5 Å². The minimum Gasteiger partial charge on any atom is -0.393 e. The number of benzene rings is 2. The van der Waals surface area contributed by atoms with Gasteiger partial charge in [-0.25, -0.2) is 16.5 Å². The van der Waals surface area contributed by atoms with E-state index in [1.165, 1.54) is 25.7 Å². The Balaban J connectivity index is 0.000000152. The first kappa shape index (κ1) is 49.4. The van der Waals surface area contributed by atoms with Gasteiger partial charge in [0, 0.05) is 104 Å². The van der Waals surface area contributed by atoms with Gasteiger partial charge in [-0.05, 0) is 149 Å². The maximum atomic E-state index is 14.1. The molecule has 4 saturated carbocycles. The monoisotopic (exact) mass is 1020 g/mol. The molecule has 5 aromatic heterocycles. The smallest absolute Gasteiger partial charge is 0.260 e. The van der Waals surface area contributed by atoms with Crippen molar-refractivity contribution in [2.75, 3.05) is 49.9 Å². The number of tetrazole rings is 1. The molecule has 0 bridgehead atoms. The van der Waals surface area contributed by atoms with Crippen molar-refractivity contribution in [2.45, 2.75) is 152 Å². The topological polar surface area (TPSA) is 225 Å². The lowest BCUT2D eigenvalue weighted by Crippen LogP contribution is -2.34. The average Bonchev–Trinajstić information content (AvgIpc) is 4.41. The van der Waals surface area contributed by atoms with Crippen molar-refractivity contribution in [1.82, 2.24) is 59.5 Å².